The van der Waals surface area contributed by atoms with Crippen molar-refractivity contribution in [2.24, 2.45) is 0 Å². The molecule has 0 N–H and O–H groups in total. The van der Waals surface area contributed by atoms with Crippen LogP contribution in [0.1, 0.15) is 25.0 Å². The fourth-order valence-electron chi connectivity index (χ4n) is 6.23. The molecule has 1 aliphatic rings. The molecule has 0 nitrogen and oxygen atoms in total. The third-order valence-electron chi connectivity index (χ3n) is 7.94. The van der Waals surface area contributed by atoms with E-state index in [0.717, 1.165) is 0 Å². The highest BCUT2D eigenvalue weighted by Crippen LogP contribution is 2.51. The van der Waals surface area contributed by atoms with Gasteiger partial charge in [-0.15, -0.1) is 0 Å². The first-order chi connectivity index (χ1) is 17.5. The second-order valence-electron chi connectivity index (χ2n) is 10.3. The van der Waals surface area contributed by atoms with E-state index < -0.39 is 0 Å². The van der Waals surface area contributed by atoms with E-state index >= 15 is 0 Å². The predicted octanol–water partition coefficient (Wildman–Crippen LogP) is 10.2. The first-order valence-corrected chi connectivity index (χ1v) is 13.6. The summed E-state index contributed by atoms with van der Waals surface area (Å²) in [6.07, 6.45) is 0. The summed E-state index contributed by atoms with van der Waals surface area (Å²) in [4.78, 5) is 0. The van der Waals surface area contributed by atoms with Crippen LogP contribution in [-0.2, 0) is 5.41 Å². The zero-order valence-corrected chi connectivity index (χ0v) is 22.5. The standard InChI is InChI=1S/C35H25I/c1-35(2)31-14-8-7-9-25(31)26-20-17-23(21-32(26)35)34-29-12-5-3-10-27(29)33(22-15-18-24(36)19-16-22)28-11-4-6-13-30(28)34/h3-21H,1-2H3. The average Bonchev–Trinajstić information content (AvgIpc) is 3.14. The van der Waals surface area contributed by atoms with E-state index in [0.29, 0.717) is 0 Å². The van der Waals surface area contributed by atoms with Gasteiger partial charge in [0.1, 0.15) is 0 Å². The van der Waals surface area contributed by atoms with E-state index in [4.69, 9.17) is 0 Å². The van der Waals surface area contributed by atoms with Crippen molar-refractivity contribution in [3.63, 3.8) is 0 Å². The van der Waals surface area contributed by atoms with Crippen LogP contribution in [-0.4, -0.2) is 0 Å². The summed E-state index contributed by atoms with van der Waals surface area (Å²) < 4.78 is 1.25. The average molecular weight is 572 g/mol. The van der Waals surface area contributed by atoms with Gasteiger partial charge < -0.3 is 0 Å². The molecule has 0 saturated carbocycles. The Hall–Kier alpha value is -3.43. The Morgan fingerprint density at radius 2 is 0.944 bits per heavy atom. The summed E-state index contributed by atoms with van der Waals surface area (Å²) in [5.41, 5.74) is 10.7. The lowest BCUT2D eigenvalue weighted by Gasteiger charge is -2.23. The van der Waals surface area contributed by atoms with Crippen molar-refractivity contribution in [3.05, 3.63) is 130 Å². The van der Waals surface area contributed by atoms with E-state index in [2.05, 4.69) is 152 Å². The summed E-state index contributed by atoms with van der Waals surface area (Å²) in [7, 11) is 0. The van der Waals surface area contributed by atoms with Crippen molar-refractivity contribution in [2.45, 2.75) is 19.3 Å². The van der Waals surface area contributed by atoms with Gasteiger partial charge in [-0.3, -0.25) is 0 Å². The van der Waals surface area contributed by atoms with E-state index in [1.807, 2.05) is 0 Å². The van der Waals surface area contributed by atoms with Gasteiger partial charge in [0.25, 0.3) is 0 Å². The molecule has 0 radical (unpaired) electrons. The lowest BCUT2D eigenvalue weighted by molar-refractivity contribution is 0.660. The molecule has 0 atom stereocenters. The second kappa shape index (κ2) is 8.04. The second-order valence-corrected chi connectivity index (χ2v) is 11.5. The van der Waals surface area contributed by atoms with Crippen molar-refractivity contribution < 1.29 is 0 Å². The third-order valence-corrected chi connectivity index (χ3v) is 8.66. The first-order valence-electron chi connectivity index (χ1n) is 12.5. The topological polar surface area (TPSA) is 0 Å². The van der Waals surface area contributed by atoms with Crippen LogP contribution >= 0.6 is 22.6 Å². The van der Waals surface area contributed by atoms with Crippen LogP contribution in [0, 0.1) is 3.57 Å². The minimum atomic E-state index is -0.0192. The number of hydrogen-bond acceptors (Lipinski definition) is 0. The minimum absolute atomic E-state index is 0.0192. The number of benzene rings is 6. The van der Waals surface area contributed by atoms with Gasteiger partial charge in [-0.1, -0.05) is 111 Å². The summed E-state index contributed by atoms with van der Waals surface area (Å²) >= 11 is 2.38. The van der Waals surface area contributed by atoms with Crippen LogP contribution in [0.25, 0.3) is 54.9 Å². The highest BCUT2D eigenvalue weighted by atomic mass is 127. The van der Waals surface area contributed by atoms with E-state index in [1.165, 1.54) is 69.6 Å². The molecule has 7 rings (SSSR count). The molecule has 0 aliphatic heterocycles. The normalized spacial score (nSPS) is 13.6. The molecule has 0 bridgehead atoms. The molecule has 0 heterocycles. The Labute approximate surface area is 225 Å². The molecule has 36 heavy (non-hydrogen) atoms. The monoisotopic (exact) mass is 572 g/mol. The fraction of sp³-hybridized carbons (Fsp3) is 0.0857. The van der Waals surface area contributed by atoms with Gasteiger partial charge in [0.2, 0.25) is 0 Å². The Morgan fingerprint density at radius 1 is 0.472 bits per heavy atom. The highest BCUT2D eigenvalue weighted by molar-refractivity contribution is 14.1. The van der Waals surface area contributed by atoms with Gasteiger partial charge in [0.15, 0.2) is 0 Å². The summed E-state index contributed by atoms with van der Waals surface area (Å²) in [6.45, 7) is 4.72. The third kappa shape index (κ3) is 3.12. The molecule has 1 heteroatoms. The number of halogens is 1. The van der Waals surface area contributed by atoms with Crippen molar-refractivity contribution >= 4 is 44.1 Å². The molecule has 0 unspecified atom stereocenters. The Kier molecular flexibility index (Phi) is 4.87. The maximum atomic E-state index is 2.45. The van der Waals surface area contributed by atoms with E-state index in [9.17, 15) is 0 Å². The molecular weight excluding hydrogens is 547 g/mol. The molecule has 1 aliphatic carbocycles. The maximum absolute atomic E-state index is 2.45. The molecule has 0 spiro atoms. The van der Waals surface area contributed by atoms with Gasteiger partial charge in [0, 0.05) is 8.99 Å². The summed E-state index contributed by atoms with van der Waals surface area (Å²) in [6, 6.07) is 42.7. The number of fused-ring (bicyclic) bond motifs is 5. The van der Waals surface area contributed by atoms with E-state index in [-0.39, 0.29) is 5.41 Å². The molecular formula is C35H25I. The molecule has 0 saturated heterocycles. The van der Waals surface area contributed by atoms with Crippen LogP contribution in [0.3, 0.4) is 0 Å². The largest absolute Gasteiger partial charge is 0.0619 e. The molecule has 172 valence electrons. The van der Waals surface area contributed by atoms with Crippen molar-refractivity contribution in [1.82, 2.24) is 0 Å². The smallest absolute Gasteiger partial charge is 0.0159 e. The van der Waals surface area contributed by atoms with Crippen LogP contribution in [0.4, 0.5) is 0 Å². The predicted molar refractivity (Wildman–Crippen MR) is 163 cm³/mol. The molecule has 6 aromatic carbocycles. The highest BCUT2D eigenvalue weighted by Gasteiger charge is 2.35. The Balaban J connectivity index is 1.56. The lowest BCUT2D eigenvalue weighted by Crippen LogP contribution is -2.14. The molecule has 0 aromatic heterocycles. The Bertz CT molecular complexity index is 1750. The Morgan fingerprint density at radius 3 is 1.56 bits per heavy atom. The molecule has 0 amide bonds. The van der Waals surface area contributed by atoms with Gasteiger partial charge in [0.05, 0.1) is 0 Å². The maximum Gasteiger partial charge on any atom is 0.0159 e. The summed E-state index contributed by atoms with van der Waals surface area (Å²) in [5.74, 6) is 0. The molecule has 0 fully saturated rings. The van der Waals surface area contributed by atoms with E-state index in [1.54, 1.807) is 0 Å². The number of hydrogen-bond donors (Lipinski definition) is 0. The molecule has 6 aromatic rings. The van der Waals surface area contributed by atoms with Crippen molar-refractivity contribution in [1.29, 1.82) is 0 Å². The number of rotatable bonds is 2. The van der Waals surface area contributed by atoms with Gasteiger partial charge in [-0.2, -0.15) is 0 Å². The fourth-order valence-corrected chi connectivity index (χ4v) is 6.59. The first kappa shape index (κ1) is 21.8. The lowest BCUT2D eigenvalue weighted by atomic mass is 9.80. The van der Waals surface area contributed by atoms with Gasteiger partial charge >= 0.3 is 0 Å². The summed E-state index contributed by atoms with van der Waals surface area (Å²) in [5, 5.41) is 5.21. The quantitative estimate of drug-likeness (QED) is 0.143. The van der Waals surface area contributed by atoms with Gasteiger partial charge in [-0.25, -0.2) is 0 Å². The SMILES string of the molecule is CC1(C)c2ccccc2-c2ccc(-c3c4ccccc4c(-c4ccc(I)cc4)c4ccccc34)cc21. The van der Waals surface area contributed by atoms with Crippen LogP contribution in [0.15, 0.2) is 115 Å². The zero-order chi connectivity index (χ0) is 24.4. The van der Waals surface area contributed by atoms with Crippen LogP contribution in [0.2, 0.25) is 0 Å². The van der Waals surface area contributed by atoms with Crippen LogP contribution < -0.4 is 0 Å². The van der Waals surface area contributed by atoms with Crippen molar-refractivity contribution in [2.75, 3.05) is 0 Å². The zero-order valence-electron chi connectivity index (χ0n) is 20.3. The van der Waals surface area contributed by atoms with Crippen molar-refractivity contribution in [3.8, 4) is 33.4 Å². The van der Waals surface area contributed by atoms with Crippen LogP contribution in [0.5, 0.6) is 0 Å². The van der Waals surface area contributed by atoms with Gasteiger partial charge in [-0.05, 0) is 107 Å². The minimum Gasteiger partial charge on any atom is -0.0619 e.